The van der Waals surface area contributed by atoms with E-state index in [1.165, 1.54) is 0 Å². The van der Waals surface area contributed by atoms with Crippen LogP contribution in [0.25, 0.3) is 0 Å². The molecule has 13 heteroatoms. The summed E-state index contributed by atoms with van der Waals surface area (Å²) in [6.07, 6.45) is 0.838. The molecule has 18 heavy (non-hydrogen) atoms. The first-order valence-corrected chi connectivity index (χ1v) is 4.21. The predicted octanol–water partition coefficient (Wildman–Crippen LogP) is -0.779. The average molecular weight is 270 g/mol. The zero-order valence-corrected chi connectivity index (χ0v) is 8.56. The first kappa shape index (κ1) is 14.9. The lowest BCUT2D eigenvalue weighted by molar-refractivity contribution is -1.30. The van der Waals surface area contributed by atoms with E-state index in [1.807, 2.05) is 0 Å². The summed E-state index contributed by atoms with van der Waals surface area (Å²) in [5.41, 5.74) is -0.948. The van der Waals surface area contributed by atoms with Crippen LogP contribution in [-0.4, -0.2) is 57.8 Å². The fourth-order valence-corrected chi connectivity index (χ4v) is 1.22. The van der Waals surface area contributed by atoms with E-state index in [-0.39, 0.29) is 11.1 Å². The maximum atomic E-state index is 10.9. The summed E-state index contributed by atoms with van der Waals surface area (Å²) in [7, 11) is 0. The van der Waals surface area contributed by atoms with Crippen LogP contribution in [-0.2, 0) is 0 Å². The Kier molecular flexibility index (Phi) is 3.44. The van der Waals surface area contributed by atoms with Crippen LogP contribution in [0.5, 0.6) is 0 Å². The van der Waals surface area contributed by atoms with Crippen LogP contribution in [0.15, 0.2) is 23.7 Å². The van der Waals surface area contributed by atoms with Gasteiger partial charge in [-0.3, -0.25) is 0 Å². The number of quaternary nitrogens is 3. The zero-order chi connectivity index (χ0) is 14.4. The van der Waals surface area contributed by atoms with Gasteiger partial charge in [0.2, 0.25) is 5.70 Å². The molecule has 0 amide bonds. The highest BCUT2D eigenvalue weighted by Crippen LogP contribution is 2.27. The zero-order valence-electron chi connectivity index (χ0n) is 8.56. The molecule has 6 N–H and O–H groups in total. The van der Waals surface area contributed by atoms with Crippen molar-refractivity contribution in [2.45, 2.75) is 0 Å². The Morgan fingerprint density at radius 3 is 1.78 bits per heavy atom. The van der Waals surface area contributed by atoms with E-state index >= 15 is 0 Å². The van der Waals surface area contributed by atoms with Gasteiger partial charge in [-0.25, -0.2) is 0 Å². The summed E-state index contributed by atoms with van der Waals surface area (Å²) >= 11 is 0. The van der Waals surface area contributed by atoms with Gasteiger partial charge in [-0.05, 0) is 9.95 Å². The Hall–Kier alpha value is -1.20. The molecule has 0 aromatic carbocycles. The highest BCUT2D eigenvalue weighted by molar-refractivity contribution is 5.18. The molecule has 0 spiro atoms. The molecule has 1 heterocycles. The van der Waals surface area contributed by atoms with Crippen LogP contribution in [0.2, 0.25) is 0 Å². The van der Waals surface area contributed by atoms with E-state index < -0.39 is 33.1 Å². The number of hydrogen-bond donors (Lipinski definition) is 6. The molecule has 0 aliphatic carbocycles. The van der Waals surface area contributed by atoms with Gasteiger partial charge in [-0.2, -0.15) is 31.2 Å². The normalized spacial score (nSPS) is 18.6. The van der Waals surface area contributed by atoms with Gasteiger partial charge in [0, 0.05) is 11.2 Å². The SMILES string of the molecule is [O-][N+](O)(O)C1=CCN([N+]([O-])(O)O)C([N+]([O-])(O)O)=C1. The molecular weight excluding hydrogens is 260 g/mol. The number of hydroxylamine groups is 6. The van der Waals surface area contributed by atoms with Crippen molar-refractivity contribution in [1.29, 1.82) is 0 Å². The Bertz CT molecular complexity index is 385. The van der Waals surface area contributed by atoms with Crippen molar-refractivity contribution < 1.29 is 46.3 Å². The second-order valence-corrected chi connectivity index (χ2v) is 3.31. The van der Waals surface area contributed by atoms with Gasteiger partial charge in [0.1, 0.15) is 6.54 Å². The average Bonchev–Trinajstić information content (AvgIpc) is 2.12. The van der Waals surface area contributed by atoms with Gasteiger partial charge in [0.05, 0.1) is 6.08 Å². The molecule has 1 aliphatic heterocycles. The Balaban J connectivity index is 3.22. The largest absolute Gasteiger partial charge is 0.559 e. The fourth-order valence-electron chi connectivity index (χ4n) is 1.22. The third-order valence-electron chi connectivity index (χ3n) is 1.96. The van der Waals surface area contributed by atoms with Crippen molar-refractivity contribution >= 4 is 0 Å². The summed E-state index contributed by atoms with van der Waals surface area (Å²) in [6, 6.07) is 0. The number of rotatable bonds is 3. The molecule has 0 saturated carbocycles. The summed E-state index contributed by atoms with van der Waals surface area (Å²) in [5, 5.41) is 81.0. The van der Waals surface area contributed by atoms with Crippen LogP contribution in [0, 0.1) is 15.6 Å². The van der Waals surface area contributed by atoms with E-state index in [2.05, 4.69) is 0 Å². The molecule has 0 bridgehead atoms. The first-order chi connectivity index (χ1) is 7.83. The monoisotopic (exact) mass is 270 g/mol. The smallest absolute Gasteiger partial charge is 0.328 e. The van der Waals surface area contributed by atoms with Crippen molar-refractivity contribution in [2.75, 3.05) is 6.54 Å². The van der Waals surface area contributed by atoms with E-state index in [0.29, 0.717) is 6.08 Å². The number of nitrogens with zero attached hydrogens (tertiary/aromatic N) is 4. The maximum Gasteiger partial charge on any atom is 0.328 e. The Morgan fingerprint density at radius 2 is 1.44 bits per heavy atom. The highest BCUT2D eigenvalue weighted by Gasteiger charge is 2.42. The summed E-state index contributed by atoms with van der Waals surface area (Å²) in [6.45, 7) is -0.885. The summed E-state index contributed by atoms with van der Waals surface area (Å²) in [4.78, 5) is -6.30. The van der Waals surface area contributed by atoms with Crippen LogP contribution in [0.1, 0.15) is 0 Å². The molecule has 0 atom stereocenters. The molecule has 0 fully saturated rings. The lowest BCUT2D eigenvalue weighted by Gasteiger charge is -2.40. The van der Waals surface area contributed by atoms with Crippen LogP contribution in [0.4, 0.5) is 0 Å². The van der Waals surface area contributed by atoms with Crippen LogP contribution in [0.3, 0.4) is 0 Å². The molecule has 0 unspecified atom stereocenters. The van der Waals surface area contributed by atoms with Crippen molar-refractivity contribution in [3.63, 3.8) is 0 Å². The molecule has 0 aromatic rings. The van der Waals surface area contributed by atoms with Gasteiger partial charge >= 0.3 is 5.82 Å². The van der Waals surface area contributed by atoms with Gasteiger partial charge in [0.25, 0.3) is 0 Å². The van der Waals surface area contributed by atoms with E-state index in [4.69, 9.17) is 31.2 Å². The maximum absolute atomic E-state index is 10.9. The van der Waals surface area contributed by atoms with Crippen molar-refractivity contribution in [3.05, 3.63) is 39.3 Å². The topological polar surface area (TPSA) is 194 Å². The summed E-state index contributed by atoms with van der Waals surface area (Å²) < 4.78 is 0. The Morgan fingerprint density at radius 1 is 0.944 bits per heavy atom. The van der Waals surface area contributed by atoms with E-state index in [9.17, 15) is 15.6 Å². The molecule has 1 rings (SSSR count). The summed E-state index contributed by atoms with van der Waals surface area (Å²) in [5.74, 6) is -1.42. The second-order valence-electron chi connectivity index (χ2n) is 3.31. The van der Waals surface area contributed by atoms with Crippen LogP contribution >= 0.6 is 0 Å². The molecular formula is C5H10N4O9. The van der Waals surface area contributed by atoms with Crippen molar-refractivity contribution in [3.8, 4) is 0 Å². The van der Waals surface area contributed by atoms with Gasteiger partial charge in [-0.15, -0.1) is 0 Å². The lowest BCUT2D eigenvalue weighted by atomic mass is 10.3. The van der Waals surface area contributed by atoms with Crippen molar-refractivity contribution in [1.82, 2.24) is 5.01 Å². The number of allylic oxidation sites excluding steroid dienone is 1. The molecule has 104 valence electrons. The lowest BCUT2D eigenvalue weighted by Crippen LogP contribution is -2.57. The second kappa shape index (κ2) is 4.17. The fraction of sp³-hybridized carbons (Fsp3) is 0.200. The third kappa shape index (κ3) is 3.17. The molecule has 0 saturated heterocycles. The highest BCUT2D eigenvalue weighted by atomic mass is 17.1. The molecule has 0 aromatic heterocycles. The third-order valence-corrected chi connectivity index (χ3v) is 1.96. The van der Waals surface area contributed by atoms with Gasteiger partial charge in [0.15, 0.2) is 0 Å². The minimum Gasteiger partial charge on any atom is -0.559 e. The first-order valence-electron chi connectivity index (χ1n) is 4.21. The van der Waals surface area contributed by atoms with Gasteiger partial charge in [-0.1, -0.05) is 5.01 Å². The Labute approximate surface area is 98.2 Å². The van der Waals surface area contributed by atoms with E-state index in [1.54, 1.807) is 0 Å². The van der Waals surface area contributed by atoms with E-state index in [0.717, 1.165) is 0 Å². The molecule has 1 aliphatic rings. The minimum atomic E-state index is -3.29. The number of hydrogen-bond acceptors (Lipinski definition) is 10. The molecule has 0 radical (unpaired) electrons. The van der Waals surface area contributed by atoms with Gasteiger partial charge < -0.3 is 15.6 Å². The van der Waals surface area contributed by atoms with Crippen molar-refractivity contribution in [2.24, 2.45) is 0 Å². The minimum absolute atomic E-state index is 0.188. The predicted molar refractivity (Wildman–Crippen MR) is 44.5 cm³/mol. The quantitative estimate of drug-likeness (QED) is 0.279. The standard InChI is InChI=1S/C5H10N4O9/c10-7(11,12)4-1-2-6(9(16,17)18)5(3-4)8(13,14)15/h1,3,10-11,13-14,16-17H,2H2. The molecule has 13 nitrogen and oxygen atoms in total. The van der Waals surface area contributed by atoms with Crippen LogP contribution < -0.4 is 0 Å².